The quantitative estimate of drug-likeness (QED) is 0.0273. The van der Waals surface area contributed by atoms with Crippen LogP contribution in [0.1, 0.15) is 285 Å². The summed E-state index contributed by atoms with van der Waals surface area (Å²) in [7, 11) is 0. The van der Waals surface area contributed by atoms with Gasteiger partial charge in [-0.2, -0.15) is 0 Å². The van der Waals surface area contributed by atoms with Crippen molar-refractivity contribution < 1.29 is 35.0 Å². The molecule has 12 nitrogen and oxygen atoms in total. The number of hydrogen-bond acceptors (Lipinski definition) is 6. The molecule has 0 saturated carbocycles. The summed E-state index contributed by atoms with van der Waals surface area (Å²) >= 11 is 0. The summed E-state index contributed by atoms with van der Waals surface area (Å²) < 4.78 is 9.29. The molecule has 481 valence electrons. The van der Waals surface area contributed by atoms with Gasteiger partial charge in [0.15, 0.2) is 49.6 Å². The number of fused-ring (bicyclic) bond motifs is 20. The molecular weight excluding hydrogens is 1140 g/mol. The van der Waals surface area contributed by atoms with E-state index >= 15 is 0 Å². The molecule has 0 fully saturated rings. The Kier molecular flexibility index (Phi) is 30.4. The molecule has 0 N–H and O–H groups in total. The van der Waals surface area contributed by atoms with E-state index in [0.29, 0.717) is 45.9 Å². The zero-order valence-electron chi connectivity index (χ0n) is 55.7. The van der Waals surface area contributed by atoms with E-state index in [1.165, 1.54) is 231 Å². The van der Waals surface area contributed by atoms with Crippen LogP contribution in [-0.4, -0.2) is 29.9 Å². The first-order valence-corrected chi connectivity index (χ1v) is 36.4. The molecule has 0 spiro atoms. The van der Waals surface area contributed by atoms with Crippen LogP contribution in [-0.2, 0) is 43.0 Å². The number of rotatable bonds is 44. The van der Waals surface area contributed by atoms with Crippen molar-refractivity contribution in [3.8, 4) is 45.6 Å². The van der Waals surface area contributed by atoms with Crippen LogP contribution in [0, 0.1) is 0 Å². The number of pyridine rings is 4. The first-order valence-electron chi connectivity index (χ1n) is 36.4. The van der Waals surface area contributed by atoms with Gasteiger partial charge in [-0.1, -0.05) is 233 Å². The molecule has 8 bridgehead atoms. The van der Waals surface area contributed by atoms with Crippen molar-refractivity contribution >= 4 is 44.1 Å². The minimum absolute atomic E-state index is 0. The van der Waals surface area contributed by atoms with Crippen LogP contribution < -0.4 is 28.2 Å². The van der Waals surface area contributed by atoms with Crippen LogP contribution in [0.15, 0.2) is 73.8 Å². The first-order chi connectivity index (χ1) is 43.5. The van der Waals surface area contributed by atoms with Crippen LogP contribution in [0.4, 0.5) is 0 Å². The Morgan fingerprint density at radius 1 is 0.247 bits per heavy atom. The van der Waals surface area contributed by atoms with Gasteiger partial charge in [0.25, 0.3) is 0 Å². The second-order valence-electron chi connectivity index (χ2n) is 26.3. The van der Waals surface area contributed by atoms with E-state index in [1.54, 1.807) is 0 Å². The van der Waals surface area contributed by atoms with Gasteiger partial charge in [0.1, 0.15) is 26.2 Å². The zero-order chi connectivity index (χ0) is 60.8. The molecule has 0 amide bonds. The maximum Gasteiger partial charge on any atom is 2.00 e. The fraction of sp³-hybridized carbons (Fsp3) is 0.632. The summed E-state index contributed by atoms with van der Waals surface area (Å²) in [5, 5.41) is 3.80. The Balaban J connectivity index is 0.0000102. The molecule has 7 aromatic rings. The maximum atomic E-state index is 5.44. The third kappa shape index (κ3) is 21.3. The van der Waals surface area contributed by atoms with E-state index in [4.69, 9.17) is 39.9 Å². The van der Waals surface area contributed by atoms with E-state index in [-0.39, 0.29) is 16.8 Å². The molecule has 9 rings (SSSR count). The molecule has 7 aromatic heterocycles. The van der Waals surface area contributed by atoms with Gasteiger partial charge in [-0.3, -0.25) is 0 Å². The largest absolute Gasteiger partial charge is 2.00 e. The number of unbranched alkanes of at least 4 members (excludes halogenated alkanes) is 36. The molecule has 13 heteroatoms. The zero-order valence-corrected chi connectivity index (χ0v) is 56.8. The molecule has 0 aromatic carbocycles. The smallest absolute Gasteiger partial charge is 0.357 e. The fourth-order valence-corrected chi connectivity index (χ4v) is 13.3. The van der Waals surface area contributed by atoms with E-state index in [9.17, 15) is 0 Å². The summed E-state index contributed by atoms with van der Waals surface area (Å²) in [5.74, 6) is 2.42. The van der Waals surface area contributed by atoms with Crippen molar-refractivity contribution in [2.75, 3.05) is 0 Å². The van der Waals surface area contributed by atoms with Crippen LogP contribution in [0.5, 0.6) is 0 Å². The SMILES string of the molecule is CCCCCCCCCCCC[n+]1ccc2c(c1)-c1nc-2nc2[n-]c(nc3nc(nc4[n-]c(n1)c1cc[n+](CCCCCCCCCCCC)cc41)-c1cc[n+](CCCCCCCCCCCC)cc1-3)c1cc[n+](CCCCCCCCCCCC)cc21.[Co+2]. The van der Waals surface area contributed by atoms with Crippen molar-refractivity contribution in [2.24, 2.45) is 0 Å². The van der Waals surface area contributed by atoms with Gasteiger partial charge in [0, 0.05) is 94.4 Å². The summed E-state index contributed by atoms with van der Waals surface area (Å²) in [5.41, 5.74) is 6.21. The average Bonchev–Trinajstić information content (AvgIpc) is 1.93. The molecule has 1 radical (unpaired) electrons. The van der Waals surface area contributed by atoms with Crippen molar-refractivity contribution in [1.82, 2.24) is 39.9 Å². The van der Waals surface area contributed by atoms with Gasteiger partial charge in [-0.15, -0.1) is 0 Å². The van der Waals surface area contributed by atoms with Gasteiger partial charge in [0.05, 0.1) is 45.2 Å². The van der Waals surface area contributed by atoms with Crippen LogP contribution in [0.3, 0.4) is 0 Å². The third-order valence-corrected chi connectivity index (χ3v) is 18.8. The second kappa shape index (κ2) is 39.0. The molecule has 0 saturated heterocycles. The molecular formula is C76H112CoN12+4. The summed E-state index contributed by atoms with van der Waals surface area (Å²) in [4.78, 5) is 43.1. The predicted octanol–water partition coefficient (Wildman–Crippen LogP) is 19.0. The Bertz CT molecular complexity index is 3160. The van der Waals surface area contributed by atoms with Crippen molar-refractivity contribution in [2.45, 2.75) is 311 Å². The Morgan fingerprint density at radius 3 is 0.753 bits per heavy atom. The molecule has 2 aliphatic rings. The average molecular weight is 1250 g/mol. The van der Waals surface area contributed by atoms with Crippen molar-refractivity contribution in [3.05, 3.63) is 73.8 Å². The number of aromatic nitrogens is 12. The Hall–Kier alpha value is -5.53. The van der Waals surface area contributed by atoms with Crippen molar-refractivity contribution in [1.29, 1.82) is 0 Å². The summed E-state index contributed by atoms with van der Waals surface area (Å²) in [6.07, 6.45) is 70.1. The Labute approximate surface area is 546 Å². The van der Waals surface area contributed by atoms with E-state index in [1.807, 2.05) is 0 Å². The predicted molar refractivity (Wildman–Crippen MR) is 362 cm³/mol. The fourth-order valence-electron chi connectivity index (χ4n) is 13.3. The van der Waals surface area contributed by atoms with Gasteiger partial charge < -0.3 is 29.9 Å². The normalized spacial score (nSPS) is 11.9. The minimum atomic E-state index is 0. The van der Waals surface area contributed by atoms with Crippen LogP contribution in [0.25, 0.3) is 89.7 Å². The van der Waals surface area contributed by atoms with Gasteiger partial charge in [0.2, 0.25) is 0 Å². The van der Waals surface area contributed by atoms with Gasteiger partial charge in [-0.25, -0.2) is 28.2 Å². The van der Waals surface area contributed by atoms with E-state index < -0.39 is 0 Å². The molecule has 0 unspecified atom stereocenters. The number of aryl methyl sites for hydroxylation is 4. The van der Waals surface area contributed by atoms with Crippen molar-refractivity contribution in [3.63, 3.8) is 0 Å². The summed E-state index contributed by atoms with van der Waals surface area (Å²) in [6, 6.07) is 8.75. The molecule has 0 aliphatic carbocycles. The van der Waals surface area contributed by atoms with Gasteiger partial charge >= 0.3 is 16.8 Å². The Morgan fingerprint density at radius 2 is 0.472 bits per heavy atom. The van der Waals surface area contributed by atoms with Crippen LogP contribution >= 0.6 is 0 Å². The summed E-state index contributed by atoms with van der Waals surface area (Å²) in [6.45, 7) is 12.9. The first kappa shape index (κ1) is 69.4. The third-order valence-electron chi connectivity index (χ3n) is 18.8. The van der Waals surface area contributed by atoms with E-state index in [2.05, 4.69) is 120 Å². The molecule has 89 heavy (non-hydrogen) atoms. The van der Waals surface area contributed by atoms with Crippen LogP contribution in [0.2, 0.25) is 0 Å². The standard InChI is InChI=1S/C76H112N12.Co/c1-5-9-13-17-21-25-29-33-37-41-49-85-53-45-61-65(57-85)73-77-69(61)82-74-67-59-87(51-43-39-35-31-27-23-19-15-11-7-3)55-47-63(67)71(79-74)84-76-68-60-88(52-44-40-36-32-28-24-20-16-12-8-4)56-48-64(68)72(80-76)83-75-66-58-86(54-46-62(66)70(78-75)81-73)50-42-38-34-30-26-22-18-14-10-6-2;/h45-48,53-60H,5-44,49-52H2,1-4H3;/q2*+2. The van der Waals surface area contributed by atoms with E-state index in [0.717, 1.165) is 95.7 Å². The monoisotopic (exact) mass is 1250 g/mol. The molecule has 9 heterocycles. The minimum Gasteiger partial charge on any atom is -0.357 e. The molecule has 0 atom stereocenters. The topological polar surface area (TPSA) is 121 Å². The maximum absolute atomic E-state index is 5.44. The van der Waals surface area contributed by atoms with Gasteiger partial charge in [-0.05, 0) is 25.7 Å². The molecule has 2 aliphatic heterocycles. The number of nitrogens with zero attached hydrogens (tertiary/aromatic N) is 12. The second-order valence-corrected chi connectivity index (χ2v) is 26.3. The number of hydrogen-bond donors (Lipinski definition) is 0.